The van der Waals surface area contributed by atoms with Gasteiger partial charge >= 0.3 is 6.03 Å². The van der Waals surface area contributed by atoms with Crippen molar-refractivity contribution in [2.45, 2.75) is 26.6 Å². The van der Waals surface area contributed by atoms with Gasteiger partial charge in [0.1, 0.15) is 5.82 Å². The summed E-state index contributed by atoms with van der Waals surface area (Å²) in [5.74, 6) is -1.22. The number of aryl methyl sites for hydroxylation is 1. The average molecular weight is 541 g/mol. The van der Waals surface area contributed by atoms with E-state index in [1.54, 1.807) is 66.0 Å². The van der Waals surface area contributed by atoms with Gasteiger partial charge in [0.15, 0.2) is 5.78 Å². The van der Waals surface area contributed by atoms with Crippen LogP contribution in [-0.4, -0.2) is 34.5 Å². The van der Waals surface area contributed by atoms with Crippen molar-refractivity contribution in [3.63, 3.8) is 0 Å². The fourth-order valence-corrected chi connectivity index (χ4v) is 5.28. The fourth-order valence-electron chi connectivity index (χ4n) is 4.47. The zero-order valence-electron chi connectivity index (χ0n) is 21.3. The Bertz CT molecular complexity index is 1610. The summed E-state index contributed by atoms with van der Waals surface area (Å²) >= 11 is 1.26. The number of para-hydroxylation sites is 1. The average Bonchev–Trinajstić information content (AvgIpc) is 3.33. The lowest BCUT2D eigenvalue weighted by atomic mass is 10.0. The number of nitrogens with zero attached hydrogens (tertiary/aromatic N) is 2. The Labute approximate surface area is 229 Å². The molecule has 0 bridgehead atoms. The lowest BCUT2D eigenvalue weighted by Crippen LogP contribution is -2.47. The van der Waals surface area contributed by atoms with Gasteiger partial charge in [0.05, 0.1) is 22.8 Å². The first kappa shape index (κ1) is 26.0. The van der Waals surface area contributed by atoms with Crippen LogP contribution in [0, 0.1) is 12.7 Å². The highest BCUT2D eigenvalue weighted by Crippen LogP contribution is 2.28. The summed E-state index contributed by atoms with van der Waals surface area (Å²) in [4.78, 5) is 46.2. The minimum atomic E-state index is -1.36. The fraction of sp³-hybridized carbons (Fsp3) is 0.133. The van der Waals surface area contributed by atoms with Crippen molar-refractivity contribution in [3.05, 3.63) is 117 Å². The monoisotopic (exact) mass is 540 g/mol. The van der Waals surface area contributed by atoms with Crippen molar-refractivity contribution in [2.75, 3.05) is 10.6 Å². The Kier molecular flexibility index (Phi) is 7.33. The topological polar surface area (TPSA) is 90.9 Å². The summed E-state index contributed by atoms with van der Waals surface area (Å²) < 4.78 is 15.0. The van der Waals surface area contributed by atoms with Crippen molar-refractivity contribution >= 4 is 46.1 Å². The number of rotatable bonds is 6. The van der Waals surface area contributed by atoms with E-state index in [9.17, 15) is 14.4 Å². The number of benzene rings is 3. The maximum atomic E-state index is 15.0. The molecule has 0 aliphatic carbocycles. The number of amides is 3. The molecule has 1 atom stereocenters. The third-order valence-electron chi connectivity index (χ3n) is 6.29. The van der Waals surface area contributed by atoms with E-state index in [0.717, 1.165) is 5.56 Å². The minimum absolute atomic E-state index is 0.0709. The van der Waals surface area contributed by atoms with E-state index in [0.29, 0.717) is 27.4 Å². The molecule has 0 saturated heterocycles. The van der Waals surface area contributed by atoms with E-state index in [-0.39, 0.29) is 23.6 Å². The molecule has 1 unspecified atom stereocenters. The molecule has 0 spiro atoms. The van der Waals surface area contributed by atoms with E-state index in [1.807, 2.05) is 19.1 Å². The third-order valence-corrected chi connectivity index (χ3v) is 7.35. The van der Waals surface area contributed by atoms with E-state index >= 15 is 4.39 Å². The van der Waals surface area contributed by atoms with Gasteiger partial charge in [-0.25, -0.2) is 14.2 Å². The van der Waals surface area contributed by atoms with Crippen LogP contribution in [0.4, 0.5) is 20.6 Å². The van der Waals surface area contributed by atoms with Crippen molar-refractivity contribution in [2.24, 2.45) is 4.99 Å². The van der Waals surface area contributed by atoms with Gasteiger partial charge in [-0.2, -0.15) is 0 Å². The van der Waals surface area contributed by atoms with Crippen LogP contribution in [0.2, 0.25) is 0 Å². The highest BCUT2D eigenvalue weighted by molar-refractivity contribution is 7.12. The molecule has 7 nitrogen and oxygen atoms in total. The van der Waals surface area contributed by atoms with E-state index in [4.69, 9.17) is 4.99 Å². The Morgan fingerprint density at radius 1 is 1.03 bits per heavy atom. The Morgan fingerprint density at radius 2 is 1.77 bits per heavy atom. The minimum Gasteiger partial charge on any atom is -0.322 e. The van der Waals surface area contributed by atoms with Crippen LogP contribution in [0.3, 0.4) is 0 Å². The molecule has 196 valence electrons. The molecule has 0 fully saturated rings. The van der Waals surface area contributed by atoms with Crippen molar-refractivity contribution in [3.8, 4) is 0 Å². The second-order valence-corrected chi connectivity index (χ2v) is 10.0. The second-order valence-electron chi connectivity index (χ2n) is 9.12. The van der Waals surface area contributed by atoms with Crippen LogP contribution in [0.25, 0.3) is 0 Å². The quantitative estimate of drug-likeness (QED) is 0.283. The standard InChI is InChI=1S/C30H25FN4O3S/c1-18-8-7-9-21(16-18)32-30(38)35(17-20-14-15-39-27(20)19(2)36)28-29(37)33-25-13-6-4-11-23(25)26(34-28)22-10-3-5-12-24(22)31/h3-16,28H,17H2,1-2H3,(H,32,38)(H,33,37). The number of Topliss-reactive ketones (excluding diaryl/α,β-unsaturated/α-hetero) is 1. The van der Waals surface area contributed by atoms with Crippen LogP contribution in [0.5, 0.6) is 0 Å². The van der Waals surface area contributed by atoms with Crippen LogP contribution in [0.15, 0.2) is 89.2 Å². The predicted molar refractivity (Wildman–Crippen MR) is 151 cm³/mol. The van der Waals surface area contributed by atoms with Gasteiger partial charge in [-0.15, -0.1) is 11.3 Å². The first-order valence-electron chi connectivity index (χ1n) is 12.3. The number of aliphatic imine (C=N–C) groups is 1. The summed E-state index contributed by atoms with van der Waals surface area (Å²) in [5.41, 5.74) is 3.48. The molecule has 39 heavy (non-hydrogen) atoms. The van der Waals surface area contributed by atoms with Gasteiger partial charge in [0, 0.05) is 16.8 Å². The lowest BCUT2D eigenvalue weighted by Gasteiger charge is -2.28. The van der Waals surface area contributed by atoms with Gasteiger partial charge in [-0.1, -0.05) is 42.5 Å². The normalized spacial score (nSPS) is 14.5. The Hall–Kier alpha value is -4.63. The molecule has 1 aliphatic rings. The Balaban J connectivity index is 1.64. The predicted octanol–water partition coefficient (Wildman–Crippen LogP) is 6.25. The molecular weight excluding hydrogens is 515 g/mol. The van der Waals surface area contributed by atoms with Gasteiger partial charge in [-0.3, -0.25) is 14.5 Å². The summed E-state index contributed by atoms with van der Waals surface area (Å²) in [6, 6.07) is 21.6. The number of nitrogens with one attached hydrogen (secondary N) is 2. The number of thiophene rings is 1. The molecule has 0 radical (unpaired) electrons. The maximum Gasteiger partial charge on any atom is 0.324 e. The van der Waals surface area contributed by atoms with E-state index in [1.165, 1.54) is 29.2 Å². The van der Waals surface area contributed by atoms with Gasteiger partial charge in [0.2, 0.25) is 6.17 Å². The number of fused-ring (bicyclic) bond motifs is 1. The Morgan fingerprint density at radius 3 is 2.51 bits per heavy atom. The number of ketones is 1. The van der Waals surface area contributed by atoms with Crippen LogP contribution in [-0.2, 0) is 11.3 Å². The molecule has 1 aliphatic heterocycles. The molecule has 0 saturated carbocycles. The molecule has 9 heteroatoms. The summed E-state index contributed by atoms with van der Waals surface area (Å²) in [5, 5.41) is 7.47. The van der Waals surface area contributed by atoms with E-state index in [2.05, 4.69) is 10.6 Å². The number of benzodiazepines with no additional fused rings is 1. The molecule has 3 amide bonds. The van der Waals surface area contributed by atoms with Crippen molar-refractivity contribution in [1.29, 1.82) is 0 Å². The van der Waals surface area contributed by atoms with E-state index < -0.39 is 23.9 Å². The second kappa shape index (κ2) is 11.0. The third kappa shape index (κ3) is 5.49. The molecule has 2 heterocycles. The molecule has 2 N–H and O–H groups in total. The first-order chi connectivity index (χ1) is 18.8. The SMILES string of the molecule is CC(=O)c1sccc1CN(C(=O)Nc1cccc(C)c1)C1N=C(c2ccccc2F)c2ccccc2NC1=O. The molecule has 3 aromatic carbocycles. The highest BCUT2D eigenvalue weighted by Gasteiger charge is 2.35. The zero-order valence-corrected chi connectivity index (χ0v) is 22.1. The van der Waals surface area contributed by atoms with Gasteiger partial charge < -0.3 is 10.6 Å². The number of hydrogen-bond donors (Lipinski definition) is 2. The van der Waals surface area contributed by atoms with Crippen LogP contribution >= 0.6 is 11.3 Å². The number of halogens is 1. The summed E-state index contributed by atoms with van der Waals surface area (Å²) in [7, 11) is 0. The number of hydrogen-bond acceptors (Lipinski definition) is 5. The van der Waals surface area contributed by atoms with Crippen molar-refractivity contribution < 1.29 is 18.8 Å². The summed E-state index contributed by atoms with van der Waals surface area (Å²) in [6.07, 6.45) is -1.36. The van der Waals surface area contributed by atoms with Crippen LogP contribution < -0.4 is 10.6 Å². The largest absolute Gasteiger partial charge is 0.324 e. The number of anilines is 2. The van der Waals surface area contributed by atoms with Gasteiger partial charge in [-0.05, 0) is 66.8 Å². The molecular formula is C30H25FN4O3S. The highest BCUT2D eigenvalue weighted by atomic mass is 32.1. The number of carbonyl (C=O) groups excluding carboxylic acids is 3. The molecule has 4 aromatic rings. The maximum absolute atomic E-state index is 15.0. The van der Waals surface area contributed by atoms with Crippen LogP contribution in [0.1, 0.15) is 38.8 Å². The van der Waals surface area contributed by atoms with Gasteiger partial charge in [0.25, 0.3) is 5.91 Å². The summed E-state index contributed by atoms with van der Waals surface area (Å²) in [6.45, 7) is 3.29. The molecule has 5 rings (SSSR count). The first-order valence-corrected chi connectivity index (χ1v) is 13.1. The lowest BCUT2D eigenvalue weighted by molar-refractivity contribution is -0.120. The van der Waals surface area contributed by atoms with Crippen molar-refractivity contribution in [1.82, 2.24) is 4.90 Å². The number of urea groups is 1. The molecule has 1 aromatic heterocycles. The number of carbonyl (C=O) groups is 3. The zero-order chi connectivity index (χ0) is 27.5. The smallest absolute Gasteiger partial charge is 0.322 e.